The van der Waals surface area contributed by atoms with Gasteiger partial charge in [-0.15, -0.1) is 0 Å². The van der Waals surface area contributed by atoms with Gasteiger partial charge >= 0.3 is 12.1 Å². The molecule has 2 aromatic rings. The molecule has 2 heterocycles. The number of aryl methyl sites for hydroxylation is 1. The molecule has 2 N–H and O–H groups in total. The monoisotopic (exact) mass is 353 g/mol. The van der Waals surface area contributed by atoms with E-state index < -0.39 is 24.0 Å². The minimum atomic E-state index is -4.52. The fourth-order valence-electron chi connectivity index (χ4n) is 3.24. The number of carbonyl (C=O) groups is 1. The van der Waals surface area contributed by atoms with Crippen LogP contribution in [0.1, 0.15) is 11.1 Å². The fourth-order valence-corrected chi connectivity index (χ4v) is 3.24. The average Bonchev–Trinajstić information content (AvgIpc) is 3.15. The average molecular weight is 353 g/mol. The molecule has 1 aliphatic heterocycles. The first-order valence-corrected chi connectivity index (χ1v) is 7.87. The summed E-state index contributed by atoms with van der Waals surface area (Å²) in [6.45, 7) is 1.73. The van der Waals surface area contributed by atoms with Crippen LogP contribution in [-0.4, -0.2) is 45.4 Å². The quantitative estimate of drug-likeness (QED) is 0.886. The standard InChI is InChI=1S/C17H18F3N3O2/c1-10-2-4-11(5-3-10)15-12(6-21-22-15)7-23-8-13(16(24)25)14(9-23)17(18,19)20/h2-6,13-14H,7-9H2,1H3,(H,21,22)(H,24,25)/t13-,14-/m1/s1. The number of aliphatic carboxylic acids is 1. The highest BCUT2D eigenvalue weighted by Gasteiger charge is 2.52. The molecule has 1 fully saturated rings. The maximum absolute atomic E-state index is 13.1. The molecular weight excluding hydrogens is 335 g/mol. The number of carboxylic acid groups (broad SMARTS) is 1. The van der Waals surface area contributed by atoms with E-state index in [1.807, 2.05) is 31.2 Å². The number of hydrogen-bond donors (Lipinski definition) is 2. The van der Waals surface area contributed by atoms with Crippen LogP contribution in [0.3, 0.4) is 0 Å². The number of hydrogen-bond acceptors (Lipinski definition) is 3. The molecule has 8 heteroatoms. The maximum atomic E-state index is 13.1. The molecule has 1 aromatic heterocycles. The van der Waals surface area contributed by atoms with Crippen molar-refractivity contribution in [3.05, 3.63) is 41.6 Å². The first-order valence-electron chi connectivity index (χ1n) is 7.87. The molecule has 5 nitrogen and oxygen atoms in total. The lowest BCUT2D eigenvalue weighted by Crippen LogP contribution is -2.33. The zero-order valence-corrected chi connectivity index (χ0v) is 13.5. The summed E-state index contributed by atoms with van der Waals surface area (Å²) < 4.78 is 39.3. The molecule has 25 heavy (non-hydrogen) atoms. The number of rotatable bonds is 4. The Balaban J connectivity index is 1.79. The van der Waals surface area contributed by atoms with Crippen molar-refractivity contribution in [2.45, 2.75) is 19.6 Å². The highest BCUT2D eigenvalue weighted by Crippen LogP contribution is 2.38. The van der Waals surface area contributed by atoms with Gasteiger partial charge in [0.2, 0.25) is 0 Å². The van der Waals surface area contributed by atoms with Crippen molar-refractivity contribution in [2.75, 3.05) is 13.1 Å². The van der Waals surface area contributed by atoms with Gasteiger partial charge in [0.25, 0.3) is 0 Å². The molecular formula is C17H18F3N3O2. The van der Waals surface area contributed by atoms with Crippen molar-refractivity contribution in [3.8, 4) is 11.3 Å². The molecule has 0 bridgehead atoms. The van der Waals surface area contributed by atoms with Crippen molar-refractivity contribution in [2.24, 2.45) is 11.8 Å². The third-order valence-corrected chi connectivity index (χ3v) is 4.59. The molecule has 2 atom stereocenters. The van der Waals surface area contributed by atoms with Crippen molar-refractivity contribution in [1.29, 1.82) is 0 Å². The summed E-state index contributed by atoms with van der Waals surface area (Å²) >= 11 is 0. The van der Waals surface area contributed by atoms with Crippen molar-refractivity contribution in [3.63, 3.8) is 0 Å². The number of nitrogens with zero attached hydrogens (tertiary/aromatic N) is 2. The lowest BCUT2D eigenvalue weighted by molar-refractivity contribution is -0.188. The van der Waals surface area contributed by atoms with E-state index in [1.165, 1.54) is 4.90 Å². The fraction of sp³-hybridized carbons (Fsp3) is 0.412. The number of carboxylic acids is 1. The highest BCUT2D eigenvalue weighted by atomic mass is 19.4. The van der Waals surface area contributed by atoms with Gasteiger partial charge in [0.15, 0.2) is 0 Å². The summed E-state index contributed by atoms with van der Waals surface area (Å²) in [5, 5.41) is 16.0. The van der Waals surface area contributed by atoms with Crippen LogP contribution in [-0.2, 0) is 11.3 Å². The van der Waals surface area contributed by atoms with Crippen molar-refractivity contribution >= 4 is 5.97 Å². The lowest BCUT2D eigenvalue weighted by Gasteiger charge is -2.18. The summed E-state index contributed by atoms with van der Waals surface area (Å²) in [7, 11) is 0. The molecule has 0 aliphatic carbocycles. The molecule has 0 unspecified atom stereocenters. The second kappa shape index (κ2) is 6.51. The number of benzene rings is 1. The molecule has 0 amide bonds. The molecule has 1 aromatic carbocycles. The van der Waals surface area contributed by atoms with E-state index >= 15 is 0 Å². The Hall–Kier alpha value is -2.35. The Bertz CT molecular complexity index is 755. The number of H-pyrrole nitrogens is 1. The third-order valence-electron chi connectivity index (χ3n) is 4.59. The van der Waals surface area contributed by atoms with Crippen LogP contribution >= 0.6 is 0 Å². The van der Waals surface area contributed by atoms with Gasteiger partial charge in [-0.25, -0.2) is 0 Å². The number of aromatic nitrogens is 2. The Morgan fingerprint density at radius 1 is 1.32 bits per heavy atom. The molecule has 134 valence electrons. The van der Waals surface area contributed by atoms with Gasteiger partial charge in [-0.1, -0.05) is 29.8 Å². The second-order valence-corrected chi connectivity index (χ2v) is 6.42. The Morgan fingerprint density at radius 2 is 2.00 bits per heavy atom. The van der Waals surface area contributed by atoms with Gasteiger partial charge in [0.1, 0.15) is 0 Å². The lowest BCUT2D eigenvalue weighted by atomic mass is 9.96. The van der Waals surface area contributed by atoms with Crippen LogP contribution < -0.4 is 0 Å². The zero-order chi connectivity index (χ0) is 18.2. The van der Waals surface area contributed by atoms with Gasteiger partial charge in [0.05, 0.1) is 23.7 Å². The largest absolute Gasteiger partial charge is 0.481 e. The molecule has 0 spiro atoms. The highest BCUT2D eigenvalue weighted by molar-refractivity contribution is 5.71. The number of likely N-dealkylation sites (tertiary alicyclic amines) is 1. The van der Waals surface area contributed by atoms with Crippen molar-refractivity contribution in [1.82, 2.24) is 15.1 Å². The summed E-state index contributed by atoms with van der Waals surface area (Å²) in [4.78, 5) is 12.7. The second-order valence-electron chi connectivity index (χ2n) is 6.42. The van der Waals surface area contributed by atoms with Crippen molar-refractivity contribution < 1.29 is 23.1 Å². The summed E-state index contributed by atoms with van der Waals surface area (Å²) in [6.07, 6.45) is -2.94. The summed E-state index contributed by atoms with van der Waals surface area (Å²) in [5.41, 5.74) is 3.47. The van der Waals surface area contributed by atoms with Crippen LogP contribution in [0.15, 0.2) is 30.5 Å². The van der Waals surface area contributed by atoms with E-state index in [1.54, 1.807) is 6.20 Å². The van der Waals surface area contributed by atoms with Crippen LogP contribution in [0.5, 0.6) is 0 Å². The number of aromatic amines is 1. The SMILES string of the molecule is Cc1ccc(-c2[nH]ncc2CN2C[C@@H](C(F)(F)F)[C@H](C(=O)O)C2)cc1. The zero-order valence-electron chi connectivity index (χ0n) is 13.5. The van der Waals surface area contributed by atoms with Gasteiger partial charge < -0.3 is 5.11 Å². The minimum absolute atomic E-state index is 0.127. The number of alkyl halides is 3. The van der Waals surface area contributed by atoms with E-state index in [4.69, 9.17) is 5.11 Å². The molecule has 1 saturated heterocycles. The molecule has 1 aliphatic rings. The first kappa shape index (κ1) is 17.5. The Kier molecular flexibility index (Phi) is 4.55. The summed E-state index contributed by atoms with van der Waals surface area (Å²) in [5.74, 6) is -4.69. The van der Waals surface area contributed by atoms with E-state index in [2.05, 4.69) is 10.2 Å². The summed E-state index contributed by atoms with van der Waals surface area (Å²) in [6, 6.07) is 7.70. The topological polar surface area (TPSA) is 69.2 Å². The van der Waals surface area contributed by atoms with Crippen LogP contribution in [0.2, 0.25) is 0 Å². The predicted molar refractivity (Wildman–Crippen MR) is 84.7 cm³/mol. The van der Waals surface area contributed by atoms with E-state index in [9.17, 15) is 18.0 Å². The molecule has 0 saturated carbocycles. The first-order chi connectivity index (χ1) is 11.8. The van der Waals surface area contributed by atoms with Crippen LogP contribution in [0.25, 0.3) is 11.3 Å². The van der Waals surface area contributed by atoms with Gasteiger partial charge in [-0.2, -0.15) is 18.3 Å². The van der Waals surface area contributed by atoms with Gasteiger partial charge in [0, 0.05) is 25.2 Å². The van der Waals surface area contributed by atoms with E-state index in [0.717, 1.165) is 22.4 Å². The van der Waals surface area contributed by atoms with Gasteiger partial charge in [-0.05, 0) is 12.5 Å². The third kappa shape index (κ3) is 3.68. The normalized spacial score (nSPS) is 21.6. The van der Waals surface area contributed by atoms with Gasteiger partial charge in [-0.3, -0.25) is 14.8 Å². The predicted octanol–water partition coefficient (Wildman–Crippen LogP) is 3.08. The Morgan fingerprint density at radius 3 is 2.56 bits per heavy atom. The molecule has 3 rings (SSSR count). The van der Waals surface area contributed by atoms with Crippen LogP contribution in [0, 0.1) is 18.8 Å². The number of nitrogens with one attached hydrogen (secondary N) is 1. The molecule has 0 radical (unpaired) electrons. The van der Waals surface area contributed by atoms with E-state index in [0.29, 0.717) is 0 Å². The Labute approximate surface area is 142 Å². The van der Waals surface area contributed by atoms with Crippen LogP contribution in [0.4, 0.5) is 13.2 Å². The smallest absolute Gasteiger partial charge is 0.393 e. The minimum Gasteiger partial charge on any atom is -0.481 e. The van der Waals surface area contributed by atoms with E-state index in [-0.39, 0.29) is 19.6 Å². The maximum Gasteiger partial charge on any atom is 0.393 e. The number of halogens is 3.